The highest BCUT2D eigenvalue weighted by Gasteiger charge is 2.37. The molecular formula is C28H28N8O4S. The van der Waals surface area contributed by atoms with Crippen molar-refractivity contribution in [1.29, 1.82) is 5.26 Å². The summed E-state index contributed by atoms with van der Waals surface area (Å²) >= 11 is 1.28. The number of methoxy groups -OCH3 is 1. The van der Waals surface area contributed by atoms with Crippen molar-refractivity contribution in [3.63, 3.8) is 0 Å². The molecule has 0 aliphatic carbocycles. The molecule has 0 spiro atoms. The minimum absolute atomic E-state index is 0.283. The topological polar surface area (TPSA) is 166 Å². The first-order valence-corrected chi connectivity index (χ1v) is 13.8. The number of nitrogens with one attached hydrogen (secondary N) is 2. The van der Waals surface area contributed by atoms with E-state index in [-0.39, 0.29) is 11.6 Å². The Morgan fingerprint density at radius 1 is 1.20 bits per heavy atom. The summed E-state index contributed by atoms with van der Waals surface area (Å²) in [6.07, 6.45) is 6.02. The molecule has 1 aliphatic rings. The fourth-order valence-electron chi connectivity index (χ4n) is 4.70. The van der Waals surface area contributed by atoms with Crippen LogP contribution in [0.15, 0.2) is 36.8 Å². The second kappa shape index (κ2) is 11.3. The molecule has 1 fully saturated rings. The molecule has 4 heterocycles. The molecule has 1 aromatic carbocycles. The van der Waals surface area contributed by atoms with Crippen molar-refractivity contribution in [3.8, 4) is 34.2 Å². The Balaban J connectivity index is 1.54. The zero-order valence-electron chi connectivity index (χ0n) is 22.8. The summed E-state index contributed by atoms with van der Waals surface area (Å²) in [5.41, 5.74) is 2.70. The van der Waals surface area contributed by atoms with Crippen molar-refractivity contribution < 1.29 is 19.4 Å². The Kier molecular flexibility index (Phi) is 7.67. The number of benzene rings is 1. The average Bonchev–Trinajstić information content (AvgIpc) is 3.39. The molecular weight excluding hydrogens is 544 g/mol. The Morgan fingerprint density at radius 2 is 1.93 bits per heavy atom. The number of aromatic nitrogens is 4. The maximum absolute atomic E-state index is 12.2. The quantitative estimate of drug-likeness (QED) is 0.286. The first kappa shape index (κ1) is 27.7. The summed E-state index contributed by atoms with van der Waals surface area (Å²) in [6.45, 7) is 5.17. The van der Waals surface area contributed by atoms with Gasteiger partial charge in [0.2, 0.25) is 5.95 Å². The Bertz CT molecular complexity index is 1660. The molecule has 210 valence electrons. The molecule has 3 N–H and O–H groups in total. The van der Waals surface area contributed by atoms with Crippen LogP contribution in [0.5, 0.6) is 5.75 Å². The maximum Gasteiger partial charge on any atom is 0.321 e. The number of nitrogens with zero attached hydrogens (tertiary/aromatic N) is 6. The number of aliphatic carboxylic acids is 1. The Morgan fingerprint density at radius 3 is 2.56 bits per heavy atom. The summed E-state index contributed by atoms with van der Waals surface area (Å²) in [4.78, 5) is 44.0. The molecule has 0 radical (unpaired) electrons. The van der Waals surface area contributed by atoms with Crippen molar-refractivity contribution in [2.45, 2.75) is 26.7 Å². The van der Waals surface area contributed by atoms with Crippen LogP contribution >= 0.6 is 11.3 Å². The van der Waals surface area contributed by atoms with Crippen molar-refractivity contribution >= 4 is 44.6 Å². The molecule has 41 heavy (non-hydrogen) atoms. The minimum atomic E-state index is -0.781. The number of hydrogen-bond donors (Lipinski definition) is 3. The lowest BCUT2D eigenvalue weighted by molar-refractivity contribution is -0.149. The third kappa shape index (κ3) is 5.46. The molecule has 0 atom stereocenters. The summed E-state index contributed by atoms with van der Waals surface area (Å²) in [6, 6.07) is 7.24. The van der Waals surface area contributed by atoms with Gasteiger partial charge in [0.1, 0.15) is 17.4 Å². The predicted molar refractivity (Wildman–Crippen MR) is 155 cm³/mol. The normalized spacial score (nSPS) is 14.3. The molecule has 3 aromatic heterocycles. The van der Waals surface area contributed by atoms with Gasteiger partial charge < -0.3 is 20.1 Å². The van der Waals surface area contributed by atoms with Gasteiger partial charge in [-0.15, -0.1) is 0 Å². The standard InChI is InChI=1S/C28H28N8O4S/c1-4-30-26(39)35-27-34-20-12-16(11-18(23(20)41-27)22-19(13-29)21(40-3)5-8-31-22)17-14-32-25(33-15-17)36-9-6-28(2,7-10-36)24(37)38/h5,8,11-12,14-15H,4,6-7,9-10H2,1-3H3,(H,37,38)(H2,30,34,35,39). The summed E-state index contributed by atoms with van der Waals surface area (Å²) in [5.74, 6) is 0.149. The number of carboxylic acids is 1. The smallest absolute Gasteiger partial charge is 0.321 e. The number of nitriles is 1. The number of pyridine rings is 1. The van der Waals surface area contributed by atoms with E-state index in [4.69, 9.17) is 4.74 Å². The van der Waals surface area contributed by atoms with Crippen molar-refractivity contribution in [2.75, 3.05) is 37.0 Å². The molecule has 4 aromatic rings. The number of carbonyl (C=O) groups is 2. The predicted octanol–water partition coefficient (Wildman–Crippen LogP) is 4.53. The second-order valence-electron chi connectivity index (χ2n) is 9.85. The minimum Gasteiger partial charge on any atom is -0.495 e. The number of hydrogen-bond acceptors (Lipinski definition) is 10. The first-order chi connectivity index (χ1) is 19.8. The molecule has 0 bridgehead atoms. The number of anilines is 2. The molecule has 1 aliphatic heterocycles. The van der Waals surface area contributed by atoms with Gasteiger partial charge in [0.15, 0.2) is 5.13 Å². The van der Waals surface area contributed by atoms with Crippen molar-refractivity contribution in [2.24, 2.45) is 5.41 Å². The van der Waals surface area contributed by atoms with Crippen molar-refractivity contribution in [3.05, 3.63) is 42.4 Å². The second-order valence-corrected chi connectivity index (χ2v) is 10.8. The van der Waals surface area contributed by atoms with Crippen LogP contribution in [0.1, 0.15) is 32.3 Å². The number of amides is 2. The zero-order chi connectivity index (χ0) is 29.1. The van der Waals surface area contributed by atoms with Crippen LogP contribution in [0.25, 0.3) is 32.6 Å². The first-order valence-electron chi connectivity index (χ1n) is 13.0. The van der Waals surface area contributed by atoms with Gasteiger partial charge in [-0.3, -0.25) is 15.1 Å². The highest BCUT2D eigenvalue weighted by Crippen LogP contribution is 2.40. The molecule has 2 amide bonds. The molecule has 12 nitrogen and oxygen atoms in total. The monoisotopic (exact) mass is 572 g/mol. The van der Waals surface area contributed by atoms with Gasteiger partial charge in [0.25, 0.3) is 0 Å². The number of thiazole rings is 1. The third-order valence-electron chi connectivity index (χ3n) is 7.19. The van der Waals surface area contributed by atoms with Gasteiger partial charge >= 0.3 is 12.0 Å². The molecule has 0 unspecified atom stereocenters. The van der Waals surface area contributed by atoms with Gasteiger partial charge in [0.05, 0.1) is 28.4 Å². The summed E-state index contributed by atoms with van der Waals surface area (Å²) < 4.78 is 6.15. The Hall–Kier alpha value is -4.83. The van der Waals surface area contributed by atoms with E-state index in [1.165, 1.54) is 18.4 Å². The number of urea groups is 1. The van der Waals surface area contributed by atoms with E-state index in [1.54, 1.807) is 31.6 Å². The number of carbonyl (C=O) groups excluding carboxylic acids is 1. The lowest BCUT2D eigenvalue weighted by Crippen LogP contribution is -2.43. The number of rotatable bonds is 7. The van der Waals surface area contributed by atoms with Crippen LogP contribution in [-0.4, -0.2) is 63.8 Å². The van der Waals surface area contributed by atoms with Gasteiger partial charge in [-0.05, 0) is 50.5 Å². The van der Waals surface area contributed by atoms with Gasteiger partial charge in [-0.2, -0.15) is 5.26 Å². The van der Waals surface area contributed by atoms with Crippen LogP contribution < -0.4 is 20.3 Å². The van der Waals surface area contributed by atoms with Gasteiger partial charge in [-0.1, -0.05) is 11.3 Å². The van der Waals surface area contributed by atoms with Crippen LogP contribution in [0, 0.1) is 16.7 Å². The van der Waals surface area contributed by atoms with E-state index in [2.05, 4.69) is 36.6 Å². The van der Waals surface area contributed by atoms with Crippen LogP contribution in [0.3, 0.4) is 0 Å². The average molecular weight is 573 g/mol. The van der Waals surface area contributed by atoms with E-state index >= 15 is 0 Å². The zero-order valence-corrected chi connectivity index (χ0v) is 23.6. The van der Waals surface area contributed by atoms with E-state index in [0.717, 1.165) is 15.8 Å². The Labute approximate surface area is 240 Å². The van der Waals surface area contributed by atoms with E-state index in [0.29, 0.717) is 66.1 Å². The number of ether oxygens (including phenoxy) is 1. The van der Waals surface area contributed by atoms with Crippen LogP contribution in [-0.2, 0) is 4.79 Å². The molecule has 5 rings (SSSR count). The number of fused-ring (bicyclic) bond motifs is 1. The fourth-order valence-corrected chi connectivity index (χ4v) is 5.66. The highest BCUT2D eigenvalue weighted by molar-refractivity contribution is 7.22. The van der Waals surface area contributed by atoms with E-state index in [9.17, 15) is 20.0 Å². The lowest BCUT2D eigenvalue weighted by Gasteiger charge is -2.36. The number of carboxylic acid groups (broad SMARTS) is 1. The lowest BCUT2D eigenvalue weighted by atomic mass is 9.80. The van der Waals surface area contributed by atoms with Gasteiger partial charge in [0, 0.05) is 49.4 Å². The third-order valence-corrected chi connectivity index (χ3v) is 8.21. The van der Waals surface area contributed by atoms with Crippen LogP contribution in [0.2, 0.25) is 0 Å². The SMILES string of the molecule is CCNC(=O)Nc1nc2cc(-c3cnc(N4CCC(C)(C(=O)O)CC4)nc3)cc(-c3nccc(OC)c3C#N)c2s1. The maximum atomic E-state index is 12.2. The summed E-state index contributed by atoms with van der Waals surface area (Å²) in [5, 5.41) is 25.3. The van der Waals surface area contributed by atoms with E-state index < -0.39 is 11.4 Å². The summed E-state index contributed by atoms with van der Waals surface area (Å²) in [7, 11) is 1.50. The number of piperidine rings is 1. The largest absolute Gasteiger partial charge is 0.495 e. The van der Waals surface area contributed by atoms with Crippen LogP contribution in [0.4, 0.5) is 15.9 Å². The van der Waals surface area contributed by atoms with Gasteiger partial charge in [-0.25, -0.2) is 19.7 Å². The molecule has 1 saturated heterocycles. The molecule has 13 heteroatoms. The van der Waals surface area contributed by atoms with Crippen molar-refractivity contribution in [1.82, 2.24) is 25.3 Å². The molecule has 0 saturated carbocycles. The van der Waals surface area contributed by atoms with E-state index in [1.807, 2.05) is 24.0 Å². The highest BCUT2D eigenvalue weighted by atomic mass is 32.1. The fraction of sp³-hybridized carbons (Fsp3) is 0.321.